The molecule has 2 rings (SSSR count). The molecule has 0 aromatic heterocycles. The van der Waals surface area contributed by atoms with Crippen molar-refractivity contribution in [2.45, 2.75) is 39.0 Å². The summed E-state index contributed by atoms with van der Waals surface area (Å²) in [5.41, 5.74) is 0.0491. The first-order valence-electron chi connectivity index (χ1n) is 6.74. The van der Waals surface area contributed by atoms with E-state index in [2.05, 4.69) is 19.2 Å². The van der Waals surface area contributed by atoms with Gasteiger partial charge in [0, 0.05) is 18.3 Å². The van der Waals surface area contributed by atoms with Gasteiger partial charge in [-0.25, -0.2) is 0 Å². The maximum atomic E-state index is 12.9. The Bertz CT molecular complexity index is 457. The summed E-state index contributed by atoms with van der Waals surface area (Å²) >= 11 is 1.87. The van der Waals surface area contributed by atoms with Crippen LogP contribution in [0.2, 0.25) is 0 Å². The second-order valence-electron chi connectivity index (χ2n) is 6.12. The Balaban J connectivity index is 2.01. The molecule has 0 radical (unpaired) electrons. The fraction of sp³-hybridized carbons (Fsp3) is 0.600. The first-order chi connectivity index (χ1) is 9.28. The van der Waals surface area contributed by atoms with Crippen LogP contribution in [0.4, 0.5) is 13.2 Å². The Labute approximate surface area is 122 Å². The first kappa shape index (κ1) is 15.7. The van der Waals surface area contributed by atoms with Crippen LogP contribution in [0.3, 0.4) is 0 Å². The van der Waals surface area contributed by atoms with Crippen LogP contribution in [-0.2, 0) is 12.7 Å². The standard InChI is InChI=1S/C15H20F3NS/c1-14(2)7-12(9-20-10-14)19-8-11-5-3-4-6-13(11)15(16,17)18/h3-6,12,19H,7-10H2,1-2H3. The van der Waals surface area contributed by atoms with Crippen LogP contribution in [0.25, 0.3) is 0 Å². The van der Waals surface area contributed by atoms with E-state index in [1.54, 1.807) is 12.1 Å². The molecule has 1 aliphatic rings. The highest BCUT2D eigenvalue weighted by molar-refractivity contribution is 7.99. The van der Waals surface area contributed by atoms with Crippen molar-refractivity contribution in [1.29, 1.82) is 0 Å². The number of hydrogen-bond acceptors (Lipinski definition) is 2. The zero-order valence-corrected chi connectivity index (χ0v) is 12.6. The van der Waals surface area contributed by atoms with E-state index in [0.29, 0.717) is 5.56 Å². The molecule has 20 heavy (non-hydrogen) atoms. The highest BCUT2D eigenvalue weighted by Gasteiger charge is 2.33. The van der Waals surface area contributed by atoms with Gasteiger partial charge in [-0.1, -0.05) is 32.0 Å². The average molecular weight is 303 g/mol. The molecule has 0 bridgehead atoms. The Morgan fingerprint density at radius 2 is 2.00 bits per heavy atom. The van der Waals surface area contributed by atoms with E-state index in [0.717, 1.165) is 24.0 Å². The third-order valence-electron chi connectivity index (χ3n) is 3.51. The highest BCUT2D eigenvalue weighted by Crippen LogP contribution is 2.34. The van der Waals surface area contributed by atoms with Gasteiger partial charge in [-0.3, -0.25) is 0 Å². The normalized spacial score (nSPS) is 22.8. The molecule has 1 fully saturated rings. The molecule has 1 aromatic rings. The fourth-order valence-electron chi connectivity index (χ4n) is 2.60. The van der Waals surface area contributed by atoms with Crippen molar-refractivity contribution < 1.29 is 13.2 Å². The molecule has 1 saturated heterocycles. The molecule has 1 aliphatic heterocycles. The monoisotopic (exact) mass is 303 g/mol. The van der Waals surface area contributed by atoms with E-state index in [4.69, 9.17) is 0 Å². The Morgan fingerprint density at radius 3 is 2.65 bits per heavy atom. The second-order valence-corrected chi connectivity index (χ2v) is 7.15. The summed E-state index contributed by atoms with van der Waals surface area (Å²) in [6.45, 7) is 4.69. The van der Waals surface area contributed by atoms with Crippen molar-refractivity contribution in [3.63, 3.8) is 0 Å². The molecule has 112 valence electrons. The molecule has 1 unspecified atom stereocenters. The number of rotatable bonds is 3. The van der Waals surface area contributed by atoms with Crippen LogP contribution >= 0.6 is 11.8 Å². The SMILES string of the molecule is CC1(C)CSCC(NCc2ccccc2C(F)(F)F)C1. The number of benzene rings is 1. The molecule has 0 amide bonds. The molecule has 5 heteroatoms. The van der Waals surface area contributed by atoms with Crippen LogP contribution in [0.1, 0.15) is 31.4 Å². The Kier molecular flexibility index (Phi) is 4.69. The van der Waals surface area contributed by atoms with Crippen molar-refractivity contribution >= 4 is 11.8 Å². The fourth-order valence-corrected chi connectivity index (χ4v) is 3.91. The minimum atomic E-state index is -4.28. The molecule has 0 spiro atoms. The zero-order valence-electron chi connectivity index (χ0n) is 11.8. The predicted molar refractivity (Wildman–Crippen MR) is 77.8 cm³/mol. The Morgan fingerprint density at radius 1 is 1.30 bits per heavy atom. The van der Waals surface area contributed by atoms with Gasteiger partial charge in [0.15, 0.2) is 0 Å². The molecule has 1 nitrogen and oxygen atoms in total. The summed E-state index contributed by atoms with van der Waals surface area (Å²) in [5.74, 6) is 2.09. The van der Waals surface area contributed by atoms with Gasteiger partial charge < -0.3 is 5.32 Å². The topological polar surface area (TPSA) is 12.0 Å². The van der Waals surface area contributed by atoms with Crippen LogP contribution in [0, 0.1) is 5.41 Å². The molecular weight excluding hydrogens is 283 g/mol. The zero-order chi connectivity index (χ0) is 14.8. The number of hydrogen-bond donors (Lipinski definition) is 1. The van der Waals surface area contributed by atoms with Gasteiger partial charge in [-0.05, 0) is 29.2 Å². The van der Waals surface area contributed by atoms with E-state index in [1.165, 1.54) is 6.07 Å². The lowest BCUT2D eigenvalue weighted by Gasteiger charge is -2.35. The molecule has 1 aromatic carbocycles. The number of nitrogens with one attached hydrogen (secondary N) is 1. The second kappa shape index (κ2) is 5.98. The number of alkyl halides is 3. The molecule has 0 saturated carbocycles. The van der Waals surface area contributed by atoms with Crippen molar-refractivity contribution in [2.75, 3.05) is 11.5 Å². The molecule has 1 atom stereocenters. The summed E-state index contributed by atoms with van der Waals surface area (Å²) in [4.78, 5) is 0. The van der Waals surface area contributed by atoms with E-state index in [1.807, 2.05) is 11.8 Å². The maximum Gasteiger partial charge on any atom is 0.416 e. The Hall–Kier alpha value is -0.680. The number of thioether (sulfide) groups is 1. The number of halogens is 3. The lowest BCUT2D eigenvalue weighted by Crippen LogP contribution is -2.40. The molecule has 1 heterocycles. The quantitative estimate of drug-likeness (QED) is 0.892. The van der Waals surface area contributed by atoms with Crippen molar-refractivity contribution in [3.05, 3.63) is 35.4 Å². The maximum absolute atomic E-state index is 12.9. The van der Waals surface area contributed by atoms with Gasteiger partial charge in [0.1, 0.15) is 0 Å². The summed E-state index contributed by atoms with van der Waals surface area (Å²) in [6, 6.07) is 6.08. The largest absolute Gasteiger partial charge is 0.416 e. The first-order valence-corrected chi connectivity index (χ1v) is 7.90. The van der Waals surface area contributed by atoms with Gasteiger partial charge in [0.25, 0.3) is 0 Å². The van der Waals surface area contributed by atoms with E-state index in [9.17, 15) is 13.2 Å². The summed E-state index contributed by atoms with van der Waals surface area (Å²) in [7, 11) is 0. The van der Waals surface area contributed by atoms with Gasteiger partial charge in [0.05, 0.1) is 5.56 Å². The minimum absolute atomic E-state index is 0.254. The average Bonchev–Trinajstić information content (AvgIpc) is 2.34. The molecular formula is C15H20F3NS. The summed E-state index contributed by atoms with van der Waals surface area (Å²) in [6.07, 6.45) is -3.27. The van der Waals surface area contributed by atoms with Gasteiger partial charge in [-0.2, -0.15) is 24.9 Å². The smallest absolute Gasteiger partial charge is 0.309 e. The third-order valence-corrected chi connectivity index (χ3v) is 5.14. The lowest BCUT2D eigenvalue weighted by atomic mass is 9.87. The molecule has 0 aliphatic carbocycles. The van der Waals surface area contributed by atoms with Crippen molar-refractivity contribution in [1.82, 2.24) is 5.32 Å². The van der Waals surface area contributed by atoms with Gasteiger partial charge in [0.2, 0.25) is 0 Å². The van der Waals surface area contributed by atoms with E-state index >= 15 is 0 Å². The van der Waals surface area contributed by atoms with E-state index < -0.39 is 11.7 Å². The summed E-state index contributed by atoms with van der Waals surface area (Å²) in [5, 5.41) is 3.29. The highest BCUT2D eigenvalue weighted by atomic mass is 32.2. The van der Waals surface area contributed by atoms with Gasteiger partial charge in [-0.15, -0.1) is 0 Å². The molecule has 1 N–H and O–H groups in total. The van der Waals surface area contributed by atoms with Crippen LogP contribution in [-0.4, -0.2) is 17.5 Å². The van der Waals surface area contributed by atoms with Gasteiger partial charge >= 0.3 is 6.18 Å². The van der Waals surface area contributed by atoms with Crippen LogP contribution < -0.4 is 5.32 Å². The minimum Gasteiger partial charge on any atom is -0.309 e. The van der Waals surface area contributed by atoms with Crippen molar-refractivity contribution in [2.24, 2.45) is 5.41 Å². The summed E-state index contributed by atoms with van der Waals surface area (Å²) < 4.78 is 38.7. The lowest BCUT2D eigenvalue weighted by molar-refractivity contribution is -0.138. The van der Waals surface area contributed by atoms with Crippen LogP contribution in [0.15, 0.2) is 24.3 Å². The van der Waals surface area contributed by atoms with Crippen LogP contribution in [0.5, 0.6) is 0 Å². The van der Waals surface area contributed by atoms with E-state index in [-0.39, 0.29) is 18.0 Å². The predicted octanol–water partition coefficient (Wildman–Crippen LogP) is 4.33. The third kappa shape index (κ3) is 4.16. The van der Waals surface area contributed by atoms with Crippen molar-refractivity contribution in [3.8, 4) is 0 Å².